The lowest BCUT2D eigenvalue weighted by molar-refractivity contribution is 0.00765. The summed E-state index contributed by atoms with van der Waals surface area (Å²) < 4.78 is 7.61. The van der Waals surface area contributed by atoms with Gasteiger partial charge >= 0.3 is 12.2 Å². The van der Waals surface area contributed by atoms with Crippen LogP contribution in [0.15, 0.2) is 16.9 Å². The van der Waals surface area contributed by atoms with Crippen molar-refractivity contribution in [3.63, 3.8) is 0 Å². The van der Waals surface area contributed by atoms with Crippen LogP contribution in [-0.4, -0.2) is 53.1 Å². The predicted molar refractivity (Wildman–Crippen MR) is 120 cm³/mol. The average Bonchev–Trinajstić information content (AvgIpc) is 2.97. The second kappa shape index (κ2) is 9.24. The number of carboxylic acid groups (broad SMARTS) is 1. The highest BCUT2D eigenvalue weighted by molar-refractivity contribution is 9.10. The zero-order chi connectivity index (χ0) is 24.4. The fraction of sp³-hybridized carbons (Fsp3) is 0.524. The van der Waals surface area contributed by atoms with Crippen LogP contribution >= 0.6 is 15.9 Å². The van der Waals surface area contributed by atoms with E-state index < -0.39 is 23.3 Å². The number of rotatable bonds is 5. The van der Waals surface area contributed by atoms with Gasteiger partial charge in [0.15, 0.2) is 5.82 Å². The van der Waals surface area contributed by atoms with E-state index in [9.17, 15) is 20.0 Å². The van der Waals surface area contributed by atoms with E-state index in [0.717, 1.165) is 0 Å². The van der Waals surface area contributed by atoms with Crippen LogP contribution in [0, 0.1) is 11.3 Å². The first-order valence-electron chi connectivity index (χ1n) is 9.93. The zero-order valence-corrected chi connectivity index (χ0v) is 20.8. The minimum absolute atomic E-state index is 0.0309. The van der Waals surface area contributed by atoms with Crippen LogP contribution in [0.3, 0.4) is 0 Å². The summed E-state index contributed by atoms with van der Waals surface area (Å²) in [5.74, 6) is 0.269. The third kappa shape index (κ3) is 5.62. The van der Waals surface area contributed by atoms with E-state index in [-0.39, 0.29) is 23.9 Å². The van der Waals surface area contributed by atoms with Gasteiger partial charge in [-0.1, -0.05) is 0 Å². The van der Waals surface area contributed by atoms with Crippen LogP contribution in [0.5, 0.6) is 0 Å². The number of imide groups is 1. The molecule has 0 aromatic carbocycles. The molecule has 0 saturated carbocycles. The molecule has 2 rings (SSSR count). The molecule has 0 atom stereocenters. The van der Waals surface area contributed by atoms with Gasteiger partial charge in [-0.05, 0) is 64.4 Å². The summed E-state index contributed by atoms with van der Waals surface area (Å²) >= 11 is 3.28. The molecule has 0 fully saturated rings. The van der Waals surface area contributed by atoms with Gasteiger partial charge in [-0.2, -0.15) is 10.4 Å². The largest absolute Gasteiger partial charge is 0.465 e. The van der Waals surface area contributed by atoms with Crippen LogP contribution in [0.2, 0.25) is 0 Å². The number of carbonyl (C=O) groups excluding carboxylic acids is 1. The Morgan fingerprint density at radius 1 is 1.25 bits per heavy atom. The van der Waals surface area contributed by atoms with Crippen molar-refractivity contribution in [3.05, 3.63) is 28.1 Å². The van der Waals surface area contributed by atoms with Crippen LogP contribution in [0.1, 0.15) is 65.8 Å². The van der Waals surface area contributed by atoms with Crippen molar-refractivity contribution in [2.45, 2.75) is 72.1 Å². The molecule has 0 aliphatic carbocycles. The molecule has 172 valence electrons. The van der Waals surface area contributed by atoms with Crippen LogP contribution in [0.4, 0.5) is 9.59 Å². The molecule has 32 heavy (non-hydrogen) atoms. The van der Waals surface area contributed by atoms with Gasteiger partial charge in [0, 0.05) is 24.9 Å². The number of hydrogen-bond donors (Lipinski definition) is 1. The van der Waals surface area contributed by atoms with E-state index in [1.165, 1.54) is 0 Å². The topological polar surface area (TPSA) is 134 Å². The van der Waals surface area contributed by atoms with Crippen LogP contribution in [-0.2, 0) is 11.2 Å². The average molecular weight is 507 g/mol. The number of halogens is 1. The molecule has 2 heterocycles. The molecule has 0 saturated heterocycles. The number of amides is 2. The van der Waals surface area contributed by atoms with Gasteiger partial charge in [-0.25, -0.2) is 24.5 Å². The first kappa shape index (κ1) is 25.3. The van der Waals surface area contributed by atoms with E-state index in [1.54, 1.807) is 51.7 Å². The van der Waals surface area contributed by atoms with Gasteiger partial charge in [-0.15, -0.1) is 0 Å². The molecule has 10 nitrogen and oxygen atoms in total. The van der Waals surface area contributed by atoms with Gasteiger partial charge < -0.3 is 9.84 Å². The third-order valence-corrected chi connectivity index (χ3v) is 4.82. The molecule has 2 amide bonds. The number of aromatic nitrogens is 4. The van der Waals surface area contributed by atoms with Crippen molar-refractivity contribution in [1.82, 2.24) is 24.6 Å². The number of hydrogen-bond acceptors (Lipinski definition) is 7. The van der Waals surface area contributed by atoms with Gasteiger partial charge in [0.25, 0.3) is 0 Å². The fourth-order valence-corrected chi connectivity index (χ4v) is 3.36. The van der Waals surface area contributed by atoms with Crippen LogP contribution in [0.25, 0.3) is 11.5 Å². The highest BCUT2D eigenvalue weighted by Gasteiger charge is 2.41. The van der Waals surface area contributed by atoms with Gasteiger partial charge in [0.1, 0.15) is 22.9 Å². The van der Waals surface area contributed by atoms with Crippen molar-refractivity contribution in [2.24, 2.45) is 0 Å². The molecule has 11 heteroatoms. The Hall–Kier alpha value is -3.00. The number of ether oxygens (including phenoxy) is 1. The van der Waals surface area contributed by atoms with E-state index in [2.05, 4.69) is 37.1 Å². The predicted octanol–water partition coefficient (Wildman–Crippen LogP) is 4.79. The molecule has 0 bridgehead atoms. The molecule has 0 radical (unpaired) electrons. The zero-order valence-electron chi connectivity index (χ0n) is 19.2. The summed E-state index contributed by atoms with van der Waals surface area (Å²) in [7, 11) is 0. The summed E-state index contributed by atoms with van der Waals surface area (Å²) in [6.07, 6.45) is 0.700. The van der Waals surface area contributed by atoms with Gasteiger partial charge in [-0.3, -0.25) is 4.68 Å². The van der Waals surface area contributed by atoms with Crippen molar-refractivity contribution in [2.75, 3.05) is 0 Å². The summed E-state index contributed by atoms with van der Waals surface area (Å²) in [4.78, 5) is 33.8. The Bertz CT molecular complexity index is 1050. The number of carbonyl (C=O) groups is 2. The quantitative estimate of drug-likeness (QED) is 0.611. The first-order chi connectivity index (χ1) is 14.7. The Kier molecular flexibility index (Phi) is 7.29. The monoisotopic (exact) mass is 506 g/mol. The van der Waals surface area contributed by atoms with Crippen molar-refractivity contribution in [3.8, 4) is 17.6 Å². The molecule has 0 unspecified atom stereocenters. The highest BCUT2D eigenvalue weighted by atomic mass is 79.9. The van der Waals surface area contributed by atoms with Crippen molar-refractivity contribution >= 4 is 28.1 Å². The second-order valence-electron chi connectivity index (χ2n) is 9.13. The maximum absolute atomic E-state index is 12.7. The minimum Gasteiger partial charge on any atom is -0.465 e. The molecule has 0 aliphatic rings. The smallest absolute Gasteiger partial charge is 0.420 e. The molecule has 0 spiro atoms. The lowest BCUT2D eigenvalue weighted by Crippen LogP contribution is -2.53. The Balaban J connectivity index is 2.58. The maximum atomic E-state index is 12.7. The normalized spacial score (nSPS) is 11.9. The van der Waals surface area contributed by atoms with Crippen LogP contribution < -0.4 is 0 Å². The summed E-state index contributed by atoms with van der Waals surface area (Å²) in [6, 6.07) is 2.01. The van der Waals surface area contributed by atoms with E-state index in [4.69, 9.17) is 4.74 Å². The van der Waals surface area contributed by atoms with Crippen molar-refractivity contribution in [1.29, 1.82) is 5.26 Å². The first-order valence-corrected chi connectivity index (χ1v) is 10.7. The third-order valence-electron chi connectivity index (χ3n) is 4.42. The molecular formula is C21H27BrN6O4. The molecular weight excluding hydrogens is 480 g/mol. The SMILES string of the molecule is CC(C)n1nc(-c2ncc(Br)cn2)c(C#N)c1CC(C)(C)N(C(=O)O)C(=O)OC(C)(C)C. The summed E-state index contributed by atoms with van der Waals surface area (Å²) in [5, 5.41) is 24.3. The summed E-state index contributed by atoms with van der Waals surface area (Å²) in [6.45, 7) is 11.9. The number of nitriles is 1. The lowest BCUT2D eigenvalue weighted by Gasteiger charge is -2.36. The van der Waals surface area contributed by atoms with Gasteiger partial charge in [0.05, 0.1) is 15.7 Å². The van der Waals surface area contributed by atoms with E-state index >= 15 is 0 Å². The molecule has 2 aromatic heterocycles. The Morgan fingerprint density at radius 2 is 1.81 bits per heavy atom. The van der Waals surface area contributed by atoms with Crippen molar-refractivity contribution < 1.29 is 19.4 Å². The Labute approximate surface area is 195 Å². The standard InChI is InChI=1S/C21H27BrN6O4/c1-12(2)28-15(14(9-23)16(26-28)17-24-10-13(22)11-25-17)8-21(6,7)27(18(29)30)19(31)32-20(3,4)5/h10-12H,8H2,1-7H3,(H,29,30). The van der Waals surface area contributed by atoms with Gasteiger partial charge in [0.2, 0.25) is 0 Å². The maximum Gasteiger partial charge on any atom is 0.420 e. The molecule has 1 N–H and O–H groups in total. The van der Waals surface area contributed by atoms with E-state index in [0.29, 0.717) is 20.8 Å². The molecule has 2 aromatic rings. The minimum atomic E-state index is -1.45. The summed E-state index contributed by atoms with van der Waals surface area (Å²) in [5.41, 5.74) is -1.12. The molecule has 0 aliphatic heterocycles. The Morgan fingerprint density at radius 3 is 2.25 bits per heavy atom. The fourth-order valence-electron chi connectivity index (χ4n) is 3.15. The van der Waals surface area contributed by atoms with E-state index in [1.807, 2.05) is 13.8 Å². The highest BCUT2D eigenvalue weighted by Crippen LogP contribution is 2.31. The number of nitrogens with zero attached hydrogens (tertiary/aromatic N) is 6. The lowest BCUT2D eigenvalue weighted by atomic mass is 9.94. The second-order valence-corrected chi connectivity index (χ2v) is 10.0.